The predicted molar refractivity (Wildman–Crippen MR) is 80.6 cm³/mol. The van der Waals surface area contributed by atoms with Crippen LogP contribution in [0.1, 0.15) is 31.1 Å². The molecule has 0 atom stereocenters. The van der Waals surface area contributed by atoms with Gasteiger partial charge in [-0.1, -0.05) is 6.92 Å². The monoisotopic (exact) mass is 314 g/mol. The van der Waals surface area contributed by atoms with E-state index < -0.39 is 10.0 Å². The molecule has 118 valence electrons. The summed E-state index contributed by atoms with van der Waals surface area (Å²) in [6.45, 7) is 5.85. The Morgan fingerprint density at radius 1 is 1.29 bits per heavy atom. The van der Waals surface area contributed by atoms with E-state index in [1.807, 2.05) is 13.8 Å². The van der Waals surface area contributed by atoms with Crippen LogP contribution in [0.15, 0.2) is 29.2 Å². The fourth-order valence-corrected chi connectivity index (χ4v) is 2.96. The Kier molecular flexibility index (Phi) is 6.32. The van der Waals surface area contributed by atoms with Gasteiger partial charge >= 0.3 is 0 Å². The zero-order valence-electron chi connectivity index (χ0n) is 12.5. The van der Waals surface area contributed by atoms with Crippen molar-refractivity contribution in [1.29, 1.82) is 0 Å². The maximum atomic E-state index is 12.3. The zero-order chi connectivity index (χ0) is 16.0. The summed E-state index contributed by atoms with van der Waals surface area (Å²) in [6.07, 6.45) is 0. The Morgan fingerprint density at radius 3 is 2.29 bits per heavy atom. The SMILES string of the molecule is CCNS(=O)(=O)c1ccc(C(=O)N(CCO)C(C)C)cc1. The lowest BCUT2D eigenvalue weighted by Crippen LogP contribution is -2.39. The van der Waals surface area contributed by atoms with Crippen LogP contribution in [0.25, 0.3) is 0 Å². The first kappa shape index (κ1) is 17.6. The van der Waals surface area contributed by atoms with Gasteiger partial charge in [0.05, 0.1) is 11.5 Å². The number of nitrogens with one attached hydrogen (secondary N) is 1. The Bertz CT molecular complexity index is 567. The minimum absolute atomic E-state index is 0.0465. The van der Waals surface area contributed by atoms with E-state index in [9.17, 15) is 13.2 Å². The molecule has 6 nitrogen and oxygen atoms in total. The van der Waals surface area contributed by atoms with Gasteiger partial charge in [-0.15, -0.1) is 0 Å². The Morgan fingerprint density at radius 2 is 1.86 bits per heavy atom. The largest absolute Gasteiger partial charge is 0.395 e. The number of benzene rings is 1. The van der Waals surface area contributed by atoms with Crippen LogP contribution in [0.5, 0.6) is 0 Å². The summed E-state index contributed by atoms with van der Waals surface area (Å²) in [5, 5.41) is 9.01. The van der Waals surface area contributed by atoms with E-state index in [1.54, 1.807) is 6.92 Å². The summed E-state index contributed by atoms with van der Waals surface area (Å²) in [6, 6.07) is 5.74. The van der Waals surface area contributed by atoms with Gasteiger partial charge in [0.2, 0.25) is 10.0 Å². The number of hydrogen-bond acceptors (Lipinski definition) is 4. The van der Waals surface area contributed by atoms with Gasteiger partial charge in [-0.25, -0.2) is 13.1 Å². The van der Waals surface area contributed by atoms with Crippen molar-refractivity contribution in [2.75, 3.05) is 19.7 Å². The lowest BCUT2D eigenvalue weighted by molar-refractivity contribution is 0.0665. The quantitative estimate of drug-likeness (QED) is 0.780. The molecular weight excluding hydrogens is 292 g/mol. The van der Waals surface area contributed by atoms with Gasteiger partial charge in [0, 0.05) is 24.7 Å². The van der Waals surface area contributed by atoms with Crippen LogP contribution in [0.2, 0.25) is 0 Å². The average Bonchev–Trinajstić information content (AvgIpc) is 2.44. The molecule has 0 unspecified atom stereocenters. The maximum absolute atomic E-state index is 12.3. The summed E-state index contributed by atoms with van der Waals surface area (Å²) in [5.74, 6) is -0.230. The Balaban J connectivity index is 2.99. The number of aliphatic hydroxyl groups excluding tert-OH is 1. The van der Waals surface area contributed by atoms with Gasteiger partial charge in [0.25, 0.3) is 5.91 Å². The highest BCUT2D eigenvalue weighted by molar-refractivity contribution is 7.89. The summed E-state index contributed by atoms with van der Waals surface area (Å²) < 4.78 is 26.0. The molecule has 0 aromatic heterocycles. The smallest absolute Gasteiger partial charge is 0.254 e. The van der Waals surface area contributed by atoms with Crippen molar-refractivity contribution in [3.05, 3.63) is 29.8 Å². The fourth-order valence-electron chi connectivity index (χ4n) is 1.92. The summed E-state index contributed by atoms with van der Waals surface area (Å²) >= 11 is 0. The number of carbonyl (C=O) groups excluding carboxylic acids is 1. The number of aliphatic hydroxyl groups is 1. The normalized spacial score (nSPS) is 11.7. The molecule has 1 aromatic carbocycles. The standard InChI is InChI=1S/C14H22N2O4S/c1-4-15-21(19,20)13-7-5-12(6-8-13)14(18)16(9-10-17)11(2)3/h5-8,11,15,17H,4,9-10H2,1-3H3. The fraction of sp³-hybridized carbons (Fsp3) is 0.500. The van der Waals surface area contributed by atoms with Gasteiger partial charge < -0.3 is 10.0 Å². The molecule has 1 aromatic rings. The topological polar surface area (TPSA) is 86.7 Å². The van der Waals surface area contributed by atoms with Crippen LogP contribution in [-0.2, 0) is 10.0 Å². The highest BCUT2D eigenvalue weighted by atomic mass is 32.2. The van der Waals surface area contributed by atoms with Crippen LogP contribution in [0.3, 0.4) is 0 Å². The van der Waals surface area contributed by atoms with E-state index in [2.05, 4.69) is 4.72 Å². The first-order valence-electron chi connectivity index (χ1n) is 6.85. The molecule has 1 amide bonds. The Hall–Kier alpha value is -1.44. The molecule has 0 radical (unpaired) electrons. The van der Waals surface area contributed by atoms with Crippen molar-refractivity contribution in [1.82, 2.24) is 9.62 Å². The highest BCUT2D eigenvalue weighted by Crippen LogP contribution is 2.13. The molecule has 0 saturated carbocycles. The van der Waals surface area contributed by atoms with E-state index in [0.29, 0.717) is 12.1 Å². The van der Waals surface area contributed by atoms with Crippen LogP contribution in [-0.4, -0.2) is 50.1 Å². The van der Waals surface area contributed by atoms with Gasteiger partial charge in [-0.2, -0.15) is 0 Å². The van der Waals surface area contributed by atoms with E-state index in [4.69, 9.17) is 5.11 Å². The zero-order valence-corrected chi connectivity index (χ0v) is 13.4. The van der Waals surface area contributed by atoms with Crippen LogP contribution in [0.4, 0.5) is 0 Å². The van der Waals surface area contributed by atoms with Crippen LogP contribution < -0.4 is 4.72 Å². The van der Waals surface area contributed by atoms with Crippen molar-refractivity contribution in [3.63, 3.8) is 0 Å². The van der Waals surface area contributed by atoms with E-state index >= 15 is 0 Å². The number of rotatable bonds is 7. The van der Waals surface area contributed by atoms with E-state index in [-0.39, 0.29) is 30.0 Å². The number of amides is 1. The van der Waals surface area contributed by atoms with Crippen LogP contribution >= 0.6 is 0 Å². The lowest BCUT2D eigenvalue weighted by Gasteiger charge is -2.26. The molecule has 0 bridgehead atoms. The van der Waals surface area contributed by atoms with Crippen molar-refractivity contribution >= 4 is 15.9 Å². The minimum atomic E-state index is -3.51. The van der Waals surface area contributed by atoms with Crippen molar-refractivity contribution in [2.45, 2.75) is 31.7 Å². The number of nitrogens with zero attached hydrogens (tertiary/aromatic N) is 1. The second kappa shape index (κ2) is 7.53. The van der Waals surface area contributed by atoms with E-state index in [0.717, 1.165) is 0 Å². The summed E-state index contributed by atoms with van der Waals surface area (Å²) in [7, 11) is -3.51. The van der Waals surface area contributed by atoms with Gasteiger partial charge in [0.1, 0.15) is 0 Å². The molecule has 0 spiro atoms. The minimum Gasteiger partial charge on any atom is -0.395 e. The summed E-state index contributed by atoms with van der Waals surface area (Å²) in [5.41, 5.74) is 0.396. The highest BCUT2D eigenvalue weighted by Gasteiger charge is 2.19. The first-order chi connectivity index (χ1) is 9.83. The van der Waals surface area contributed by atoms with Crippen molar-refractivity contribution in [3.8, 4) is 0 Å². The molecule has 7 heteroatoms. The van der Waals surface area contributed by atoms with Crippen molar-refractivity contribution in [2.24, 2.45) is 0 Å². The lowest BCUT2D eigenvalue weighted by atomic mass is 10.1. The molecule has 0 aliphatic rings. The molecule has 1 rings (SSSR count). The molecule has 0 heterocycles. The Labute approximate surface area is 125 Å². The molecular formula is C14H22N2O4S. The molecule has 0 aliphatic carbocycles. The predicted octanol–water partition coefficient (Wildman–Crippen LogP) is 0.828. The number of carbonyl (C=O) groups is 1. The second-order valence-electron chi connectivity index (χ2n) is 4.84. The van der Waals surface area contributed by atoms with Crippen LogP contribution in [0, 0.1) is 0 Å². The third-order valence-electron chi connectivity index (χ3n) is 2.97. The molecule has 0 fully saturated rings. The molecule has 2 N–H and O–H groups in total. The van der Waals surface area contributed by atoms with Crippen molar-refractivity contribution < 1.29 is 18.3 Å². The van der Waals surface area contributed by atoms with Gasteiger partial charge in [-0.05, 0) is 38.1 Å². The molecule has 21 heavy (non-hydrogen) atoms. The third-order valence-corrected chi connectivity index (χ3v) is 4.53. The van der Waals surface area contributed by atoms with Gasteiger partial charge in [-0.3, -0.25) is 4.79 Å². The number of hydrogen-bond donors (Lipinski definition) is 2. The van der Waals surface area contributed by atoms with E-state index in [1.165, 1.54) is 29.2 Å². The molecule has 0 saturated heterocycles. The average molecular weight is 314 g/mol. The maximum Gasteiger partial charge on any atom is 0.254 e. The number of sulfonamides is 1. The van der Waals surface area contributed by atoms with Gasteiger partial charge in [0.15, 0.2) is 0 Å². The third kappa shape index (κ3) is 4.52. The molecule has 0 aliphatic heterocycles. The summed E-state index contributed by atoms with van der Waals surface area (Å²) in [4.78, 5) is 14.0. The first-order valence-corrected chi connectivity index (χ1v) is 8.33. The second-order valence-corrected chi connectivity index (χ2v) is 6.61.